The van der Waals surface area contributed by atoms with E-state index in [2.05, 4.69) is 30.5 Å². The normalized spacial score (nSPS) is 11.5. The molecular weight excluding hydrogens is 442 g/mol. The van der Waals surface area contributed by atoms with Gasteiger partial charge in [-0.3, -0.25) is 14.9 Å². The van der Waals surface area contributed by atoms with E-state index in [4.69, 9.17) is 9.40 Å². The van der Waals surface area contributed by atoms with Crippen LogP contribution in [-0.2, 0) is 4.79 Å². The van der Waals surface area contributed by atoms with E-state index < -0.39 is 0 Å². The van der Waals surface area contributed by atoms with Gasteiger partial charge in [-0.05, 0) is 35.9 Å². The average Bonchev–Trinajstić information content (AvgIpc) is 3.62. The van der Waals surface area contributed by atoms with Crippen molar-refractivity contribution in [1.29, 1.82) is 0 Å². The first-order valence-corrected chi connectivity index (χ1v) is 11.2. The van der Waals surface area contributed by atoms with Crippen molar-refractivity contribution in [3.63, 3.8) is 0 Å². The molecule has 6 aromatic rings. The number of aromatic amines is 2. The van der Waals surface area contributed by atoms with E-state index in [1.54, 1.807) is 31.1 Å². The Morgan fingerprint density at radius 1 is 1.06 bits per heavy atom. The molecule has 9 nitrogen and oxygen atoms in total. The van der Waals surface area contributed by atoms with Crippen LogP contribution >= 0.6 is 0 Å². The summed E-state index contributed by atoms with van der Waals surface area (Å²) in [5.74, 6) is 0.448. The summed E-state index contributed by atoms with van der Waals surface area (Å²) in [6, 6.07) is 11.7. The van der Waals surface area contributed by atoms with Gasteiger partial charge in [0.15, 0.2) is 11.5 Å². The lowest BCUT2D eigenvalue weighted by molar-refractivity contribution is -0.118. The van der Waals surface area contributed by atoms with Crippen LogP contribution in [0, 0.1) is 5.92 Å². The SMILES string of the molecule is CC(C)C(=O)Nc1cncc(-c2ccc3[nH]nc(-c4nc5c(-c6ccoc6)ccnc5[nH]4)c3c2)c1. The lowest BCUT2D eigenvalue weighted by Gasteiger charge is -2.09. The van der Waals surface area contributed by atoms with E-state index in [-0.39, 0.29) is 11.8 Å². The van der Waals surface area contributed by atoms with Gasteiger partial charge in [-0.1, -0.05) is 19.9 Å². The molecule has 0 fully saturated rings. The molecule has 0 bridgehead atoms. The van der Waals surface area contributed by atoms with Gasteiger partial charge < -0.3 is 14.7 Å². The molecule has 3 N–H and O–H groups in total. The summed E-state index contributed by atoms with van der Waals surface area (Å²) in [5, 5.41) is 11.4. The molecule has 35 heavy (non-hydrogen) atoms. The van der Waals surface area contributed by atoms with Crippen molar-refractivity contribution >= 4 is 33.7 Å². The molecule has 0 aliphatic heterocycles. The number of pyridine rings is 2. The Morgan fingerprint density at radius 2 is 1.97 bits per heavy atom. The lowest BCUT2D eigenvalue weighted by atomic mass is 10.0. The Bertz CT molecular complexity index is 1680. The number of H-pyrrole nitrogens is 2. The molecule has 0 aliphatic carbocycles. The van der Waals surface area contributed by atoms with Gasteiger partial charge in [0.1, 0.15) is 11.2 Å². The first-order chi connectivity index (χ1) is 17.1. The van der Waals surface area contributed by atoms with E-state index >= 15 is 0 Å². The monoisotopic (exact) mass is 463 g/mol. The predicted octanol–water partition coefficient (Wildman–Crippen LogP) is 5.42. The van der Waals surface area contributed by atoms with Crippen LogP contribution in [0.25, 0.3) is 55.8 Å². The number of amides is 1. The van der Waals surface area contributed by atoms with Gasteiger partial charge in [0.05, 0.1) is 29.9 Å². The smallest absolute Gasteiger partial charge is 0.226 e. The molecule has 6 rings (SSSR count). The molecule has 0 radical (unpaired) electrons. The number of furan rings is 1. The van der Waals surface area contributed by atoms with Crippen LogP contribution < -0.4 is 5.32 Å². The maximum absolute atomic E-state index is 12.1. The maximum atomic E-state index is 12.1. The first-order valence-electron chi connectivity index (χ1n) is 11.2. The Kier molecular flexibility index (Phi) is 4.88. The quantitative estimate of drug-likeness (QED) is 0.314. The second-order valence-electron chi connectivity index (χ2n) is 8.59. The largest absolute Gasteiger partial charge is 0.472 e. The minimum atomic E-state index is -0.115. The van der Waals surface area contributed by atoms with Crippen molar-refractivity contribution in [3.05, 3.63) is 67.5 Å². The second kappa shape index (κ2) is 8.21. The van der Waals surface area contributed by atoms with E-state index in [1.165, 1.54) is 0 Å². The fraction of sp³-hybridized carbons (Fsp3) is 0.115. The summed E-state index contributed by atoms with van der Waals surface area (Å²) in [5.41, 5.74) is 7.33. The standard InChI is InChI=1S/C26H21N7O2/c1-14(2)26(34)29-18-9-17(11-27-12-18)15-3-4-21-20(10-15)23(33-32-21)25-30-22-19(16-6-8-35-13-16)5-7-28-24(22)31-25/h3-14H,1-2H3,(H,29,34)(H,32,33)(H,28,30,31). The highest BCUT2D eigenvalue weighted by Gasteiger charge is 2.17. The van der Waals surface area contributed by atoms with Crippen LogP contribution in [0.2, 0.25) is 0 Å². The summed E-state index contributed by atoms with van der Waals surface area (Å²) < 4.78 is 5.25. The molecule has 5 aromatic heterocycles. The molecule has 9 heteroatoms. The number of aromatic nitrogens is 6. The molecule has 0 saturated carbocycles. The number of benzene rings is 1. The average molecular weight is 464 g/mol. The number of nitrogens with zero attached hydrogens (tertiary/aromatic N) is 4. The molecule has 0 atom stereocenters. The Balaban J connectivity index is 1.41. The molecule has 0 spiro atoms. The van der Waals surface area contributed by atoms with Gasteiger partial charge >= 0.3 is 0 Å². The van der Waals surface area contributed by atoms with Gasteiger partial charge in [0.2, 0.25) is 5.91 Å². The van der Waals surface area contributed by atoms with Crippen LogP contribution in [0.15, 0.2) is 71.9 Å². The molecule has 5 heterocycles. The predicted molar refractivity (Wildman–Crippen MR) is 133 cm³/mol. The minimum Gasteiger partial charge on any atom is -0.472 e. The number of nitrogens with one attached hydrogen (secondary N) is 3. The Labute approximate surface area is 199 Å². The second-order valence-corrected chi connectivity index (χ2v) is 8.59. The summed E-state index contributed by atoms with van der Waals surface area (Å²) in [6.07, 6.45) is 8.48. The number of anilines is 1. The van der Waals surface area contributed by atoms with Crippen molar-refractivity contribution in [2.45, 2.75) is 13.8 Å². The fourth-order valence-electron chi connectivity index (χ4n) is 4.00. The summed E-state index contributed by atoms with van der Waals surface area (Å²) >= 11 is 0. The highest BCUT2D eigenvalue weighted by atomic mass is 16.3. The zero-order chi connectivity index (χ0) is 23.9. The number of carbonyl (C=O) groups is 1. The van der Waals surface area contributed by atoms with Gasteiger partial charge in [0.25, 0.3) is 0 Å². The first kappa shape index (κ1) is 20.8. The van der Waals surface area contributed by atoms with Crippen molar-refractivity contribution < 1.29 is 9.21 Å². The van der Waals surface area contributed by atoms with E-state index in [0.29, 0.717) is 22.9 Å². The van der Waals surface area contributed by atoms with Crippen molar-refractivity contribution in [2.75, 3.05) is 5.32 Å². The number of imidazole rings is 1. The summed E-state index contributed by atoms with van der Waals surface area (Å²) in [7, 11) is 0. The van der Waals surface area contributed by atoms with Crippen LogP contribution in [0.5, 0.6) is 0 Å². The molecule has 0 saturated heterocycles. The summed E-state index contributed by atoms with van der Waals surface area (Å²) in [6.45, 7) is 3.71. The lowest BCUT2D eigenvalue weighted by Crippen LogP contribution is -2.17. The van der Waals surface area contributed by atoms with Crippen molar-refractivity contribution in [1.82, 2.24) is 30.1 Å². The molecule has 1 aromatic carbocycles. The Morgan fingerprint density at radius 3 is 2.80 bits per heavy atom. The number of carbonyl (C=O) groups excluding carboxylic acids is 1. The fourth-order valence-corrected chi connectivity index (χ4v) is 4.00. The minimum absolute atomic E-state index is 0.0511. The van der Waals surface area contributed by atoms with Gasteiger partial charge in [0, 0.05) is 40.4 Å². The van der Waals surface area contributed by atoms with E-state index in [0.717, 1.165) is 38.7 Å². The van der Waals surface area contributed by atoms with Gasteiger partial charge in [-0.25, -0.2) is 9.97 Å². The van der Waals surface area contributed by atoms with Crippen LogP contribution in [0.3, 0.4) is 0 Å². The topological polar surface area (TPSA) is 125 Å². The third-order valence-corrected chi connectivity index (χ3v) is 5.87. The third kappa shape index (κ3) is 3.72. The van der Waals surface area contributed by atoms with Crippen molar-refractivity contribution in [2.24, 2.45) is 5.92 Å². The van der Waals surface area contributed by atoms with Crippen molar-refractivity contribution in [3.8, 4) is 33.8 Å². The van der Waals surface area contributed by atoms with Gasteiger partial charge in [-0.15, -0.1) is 0 Å². The highest BCUT2D eigenvalue weighted by Crippen LogP contribution is 2.33. The zero-order valence-electron chi connectivity index (χ0n) is 19.0. The Hall–Kier alpha value is -4.79. The molecule has 0 aliphatic rings. The zero-order valence-corrected chi connectivity index (χ0v) is 19.0. The number of rotatable bonds is 5. The van der Waals surface area contributed by atoms with E-state index in [9.17, 15) is 4.79 Å². The number of fused-ring (bicyclic) bond motifs is 2. The molecule has 0 unspecified atom stereocenters. The van der Waals surface area contributed by atoms with Crippen LogP contribution in [0.1, 0.15) is 13.8 Å². The van der Waals surface area contributed by atoms with E-state index in [1.807, 2.05) is 50.2 Å². The van der Waals surface area contributed by atoms with Crippen LogP contribution in [0.4, 0.5) is 5.69 Å². The third-order valence-electron chi connectivity index (χ3n) is 5.87. The highest BCUT2D eigenvalue weighted by molar-refractivity contribution is 5.98. The number of hydrogen-bond acceptors (Lipinski definition) is 6. The van der Waals surface area contributed by atoms with Gasteiger partial charge in [-0.2, -0.15) is 5.10 Å². The number of hydrogen-bond donors (Lipinski definition) is 3. The molecule has 172 valence electrons. The van der Waals surface area contributed by atoms with Crippen LogP contribution in [-0.4, -0.2) is 36.0 Å². The molecule has 1 amide bonds. The molecular formula is C26H21N7O2. The maximum Gasteiger partial charge on any atom is 0.226 e. The summed E-state index contributed by atoms with van der Waals surface area (Å²) in [4.78, 5) is 29.0.